The van der Waals surface area contributed by atoms with E-state index in [0.29, 0.717) is 11.3 Å². The fraction of sp³-hybridized carbons (Fsp3) is 0.211. The van der Waals surface area contributed by atoms with E-state index in [1.54, 1.807) is 24.3 Å². The summed E-state index contributed by atoms with van der Waals surface area (Å²) in [6.45, 7) is 5.67. The maximum Gasteiger partial charge on any atom is 0.201 e. The van der Waals surface area contributed by atoms with E-state index >= 15 is 0 Å². The first-order valence-electron chi connectivity index (χ1n) is 7.84. The Morgan fingerprint density at radius 3 is 2.16 bits per heavy atom. The molecule has 1 aromatic heterocycles. The van der Waals surface area contributed by atoms with Crippen LogP contribution in [0.1, 0.15) is 13.8 Å². The molecule has 0 aliphatic rings. The monoisotopic (exact) mass is 344 g/mol. The van der Waals surface area contributed by atoms with E-state index in [-0.39, 0.29) is 11.0 Å². The second-order valence-corrected chi connectivity index (χ2v) is 5.09. The van der Waals surface area contributed by atoms with Crippen LogP contribution in [0.15, 0.2) is 51.7 Å². The summed E-state index contributed by atoms with van der Waals surface area (Å²) < 4.78 is 10.3. The van der Waals surface area contributed by atoms with Crippen molar-refractivity contribution in [3.05, 3.63) is 52.7 Å². The Labute approximate surface area is 144 Å². The average Bonchev–Trinajstić information content (AvgIpc) is 2.61. The van der Waals surface area contributed by atoms with Crippen LogP contribution < -0.4 is 5.43 Å². The topological polar surface area (TPSA) is 100 Å². The third kappa shape index (κ3) is 4.10. The average molecular weight is 344 g/mol. The van der Waals surface area contributed by atoms with Crippen LogP contribution in [0.25, 0.3) is 22.3 Å². The first-order valence-corrected chi connectivity index (χ1v) is 7.84. The van der Waals surface area contributed by atoms with E-state index in [1.807, 2.05) is 19.9 Å². The first kappa shape index (κ1) is 18.4. The third-order valence-corrected chi connectivity index (χ3v) is 3.41. The molecule has 6 heteroatoms. The predicted molar refractivity (Wildman–Crippen MR) is 95.1 cm³/mol. The van der Waals surface area contributed by atoms with Gasteiger partial charge in [0.25, 0.3) is 0 Å². The summed E-state index contributed by atoms with van der Waals surface area (Å²) in [4.78, 5) is 12.0. The second-order valence-electron chi connectivity index (χ2n) is 5.09. The molecule has 132 valence electrons. The highest BCUT2D eigenvalue weighted by atomic mass is 16.5. The summed E-state index contributed by atoms with van der Waals surface area (Å²) in [6.07, 6.45) is 0. The third-order valence-electron chi connectivity index (χ3n) is 3.41. The number of hydrogen-bond donors (Lipinski definition) is 3. The van der Waals surface area contributed by atoms with Crippen LogP contribution in [0, 0.1) is 0 Å². The van der Waals surface area contributed by atoms with Crippen molar-refractivity contribution in [3.8, 4) is 28.6 Å². The van der Waals surface area contributed by atoms with Crippen molar-refractivity contribution in [1.82, 2.24) is 0 Å². The van der Waals surface area contributed by atoms with Crippen molar-refractivity contribution in [2.45, 2.75) is 13.8 Å². The highest BCUT2D eigenvalue weighted by Gasteiger charge is 2.17. The lowest BCUT2D eigenvalue weighted by atomic mass is 10.1. The number of aromatic hydroxyl groups is 3. The van der Waals surface area contributed by atoms with Gasteiger partial charge in [0.15, 0.2) is 16.9 Å². The molecule has 0 unspecified atom stereocenters. The predicted octanol–water partition coefficient (Wildman–Crippen LogP) is 3.62. The van der Waals surface area contributed by atoms with Gasteiger partial charge in [0.05, 0.1) is 0 Å². The maximum absolute atomic E-state index is 12.0. The minimum Gasteiger partial charge on any atom is -0.504 e. The Kier molecular flexibility index (Phi) is 6.03. The van der Waals surface area contributed by atoms with Gasteiger partial charge >= 0.3 is 0 Å². The van der Waals surface area contributed by atoms with Gasteiger partial charge < -0.3 is 24.5 Å². The van der Waals surface area contributed by atoms with Crippen LogP contribution in [0.4, 0.5) is 0 Å². The zero-order chi connectivity index (χ0) is 18.4. The Balaban J connectivity index is 0.000000399. The molecule has 0 spiro atoms. The molecular formula is C19H20O6. The standard InChI is InChI=1S/C15H10O5.C4H10O/c16-9-6-11(8-4-2-1-3-5-8)20-12-7-10(17)14(18)15(19)13(9)12;1-3-5-4-2/h1-7,17-19H;3-4H2,1-2H3. The molecule has 0 saturated heterocycles. The van der Waals surface area contributed by atoms with E-state index in [0.717, 1.165) is 19.3 Å². The molecule has 0 atom stereocenters. The smallest absolute Gasteiger partial charge is 0.201 e. The molecule has 1 heterocycles. The fourth-order valence-corrected chi connectivity index (χ4v) is 2.23. The normalized spacial score (nSPS) is 10.3. The lowest BCUT2D eigenvalue weighted by molar-refractivity contribution is 0.162. The molecule has 0 aliphatic carbocycles. The van der Waals surface area contributed by atoms with Crippen molar-refractivity contribution in [2.24, 2.45) is 0 Å². The van der Waals surface area contributed by atoms with Crippen LogP contribution in [-0.2, 0) is 4.74 Å². The van der Waals surface area contributed by atoms with Crippen molar-refractivity contribution in [1.29, 1.82) is 0 Å². The zero-order valence-electron chi connectivity index (χ0n) is 14.0. The van der Waals surface area contributed by atoms with Gasteiger partial charge in [0, 0.05) is 30.9 Å². The van der Waals surface area contributed by atoms with Gasteiger partial charge in [-0.1, -0.05) is 30.3 Å². The van der Waals surface area contributed by atoms with Gasteiger partial charge in [0.1, 0.15) is 16.7 Å². The lowest BCUT2D eigenvalue weighted by Gasteiger charge is -2.06. The summed E-state index contributed by atoms with van der Waals surface area (Å²) in [5.74, 6) is -1.67. The molecule has 3 rings (SSSR count). The Morgan fingerprint density at radius 2 is 1.60 bits per heavy atom. The number of phenols is 3. The van der Waals surface area contributed by atoms with E-state index in [9.17, 15) is 20.1 Å². The molecule has 0 bridgehead atoms. The van der Waals surface area contributed by atoms with Crippen LogP contribution in [0.5, 0.6) is 17.2 Å². The van der Waals surface area contributed by atoms with Crippen LogP contribution in [0.3, 0.4) is 0 Å². The number of ether oxygens (including phenoxy) is 1. The van der Waals surface area contributed by atoms with Crippen molar-refractivity contribution >= 4 is 11.0 Å². The van der Waals surface area contributed by atoms with E-state index < -0.39 is 22.7 Å². The fourth-order valence-electron chi connectivity index (χ4n) is 2.23. The molecule has 6 nitrogen and oxygen atoms in total. The summed E-state index contributed by atoms with van der Waals surface area (Å²) in [5, 5.41) is 28.5. The van der Waals surface area contributed by atoms with Crippen molar-refractivity contribution < 1.29 is 24.5 Å². The van der Waals surface area contributed by atoms with E-state index in [2.05, 4.69) is 0 Å². The molecule has 0 aliphatic heterocycles. The minimum atomic E-state index is -0.739. The molecule has 0 amide bonds. The van der Waals surface area contributed by atoms with Crippen molar-refractivity contribution in [3.63, 3.8) is 0 Å². The van der Waals surface area contributed by atoms with Crippen LogP contribution in [-0.4, -0.2) is 28.5 Å². The molecule has 0 fully saturated rings. The number of rotatable bonds is 3. The van der Waals surface area contributed by atoms with Gasteiger partial charge in [-0.05, 0) is 13.8 Å². The van der Waals surface area contributed by atoms with Gasteiger partial charge in [-0.2, -0.15) is 0 Å². The van der Waals surface area contributed by atoms with Crippen molar-refractivity contribution in [2.75, 3.05) is 13.2 Å². The highest BCUT2D eigenvalue weighted by Crippen LogP contribution is 2.40. The van der Waals surface area contributed by atoms with Gasteiger partial charge in [-0.25, -0.2) is 0 Å². The quantitative estimate of drug-likeness (QED) is 0.628. The maximum atomic E-state index is 12.0. The summed E-state index contributed by atoms with van der Waals surface area (Å²) in [5.41, 5.74) is 0.195. The van der Waals surface area contributed by atoms with Gasteiger partial charge in [0.2, 0.25) is 5.75 Å². The largest absolute Gasteiger partial charge is 0.504 e. The molecule has 2 aromatic carbocycles. The molecule has 25 heavy (non-hydrogen) atoms. The van der Waals surface area contributed by atoms with Crippen LogP contribution in [0.2, 0.25) is 0 Å². The first-order chi connectivity index (χ1) is 12.0. The Hall–Kier alpha value is -2.99. The zero-order valence-corrected chi connectivity index (χ0v) is 14.0. The summed E-state index contributed by atoms with van der Waals surface area (Å²) >= 11 is 0. The van der Waals surface area contributed by atoms with Crippen LogP contribution >= 0.6 is 0 Å². The number of benzene rings is 2. The molecule has 0 radical (unpaired) electrons. The summed E-state index contributed by atoms with van der Waals surface area (Å²) in [7, 11) is 0. The van der Waals surface area contributed by atoms with E-state index in [4.69, 9.17) is 9.15 Å². The molecule has 3 N–H and O–H groups in total. The minimum absolute atomic E-state index is 0.00385. The molecule has 3 aromatic rings. The number of fused-ring (bicyclic) bond motifs is 1. The SMILES string of the molecule is CCOCC.O=c1cc(-c2ccccc2)oc2cc(O)c(O)c(O)c12. The molecule has 0 saturated carbocycles. The number of hydrogen-bond acceptors (Lipinski definition) is 6. The Morgan fingerprint density at radius 1 is 0.960 bits per heavy atom. The van der Waals surface area contributed by atoms with Gasteiger partial charge in [-0.3, -0.25) is 4.79 Å². The number of phenolic OH excluding ortho intramolecular Hbond substituents is 3. The molecular weight excluding hydrogens is 324 g/mol. The van der Waals surface area contributed by atoms with E-state index in [1.165, 1.54) is 6.07 Å². The summed E-state index contributed by atoms with van der Waals surface area (Å²) in [6, 6.07) is 11.3. The highest BCUT2D eigenvalue weighted by molar-refractivity contribution is 5.89. The lowest BCUT2D eigenvalue weighted by Crippen LogP contribution is -2.00. The second kappa shape index (κ2) is 8.21. The Bertz CT molecular complexity index is 897. The van der Waals surface area contributed by atoms with Gasteiger partial charge in [-0.15, -0.1) is 0 Å².